The molecule has 1 aromatic carbocycles. The first kappa shape index (κ1) is 26.1. The van der Waals surface area contributed by atoms with Crippen LogP contribution in [0.25, 0.3) is 22.3 Å². The first-order valence-corrected chi connectivity index (χ1v) is 12.6. The molecule has 0 saturated carbocycles. The van der Waals surface area contributed by atoms with Crippen LogP contribution in [0.4, 0.5) is 20.5 Å². The summed E-state index contributed by atoms with van der Waals surface area (Å²) in [4.78, 5) is 19.8. The number of hydrogen-bond acceptors (Lipinski definition) is 8. The molecule has 2 N–H and O–H groups in total. The van der Waals surface area contributed by atoms with Crippen LogP contribution in [-0.2, 0) is 18.5 Å². The number of aromatic nitrogens is 5. The lowest BCUT2D eigenvalue weighted by Crippen LogP contribution is -2.36. The van der Waals surface area contributed by atoms with E-state index in [1.54, 1.807) is 13.1 Å². The topological polar surface area (TPSA) is 95.2 Å². The van der Waals surface area contributed by atoms with Crippen molar-refractivity contribution in [3.63, 3.8) is 0 Å². The molecule has 0 fully saturated rings. The number of rotatable bonds is 6. The number of pyridine rings is 1. The molecule has 11 heteroatoms. The van der Waals surface area contributed by atoms with E-state index in [1.807, 2.05) is 44.4 Å². The summed E-state index contributed by atoms with van der Waals surface area (Å²) in [6.07, 6.45) is 1.85. The number of imidazole rings is 1. The van der Waals surface area contributed by atoms with E-state index in [9.17, 15) is 9.60 Å². The van der Waals surface area contributed by atoms with Gasteiger partial charge in [0, 0.05) is 56.4 Å². The minimum absolute atomic E-state index is 0.00920. The molecule has 4 heterocycles. The molecule has 0 amide bonds. The van der Waals surface area contributed by atoms with E-state index >= 15 is 4.39 Å². The van der Waals surface area contributed by atoms with Gasteiger partial charge in [0.05, 0.1) is 11.7 Å². The molecule has 4 aromatic rings. The van der Waals surface area contributed by atoms with Crippen molar-refractivity contribution in [2.45, 2.75) is 46.2 Å². The van der Waals surface area contributed by atoms with E-state index in [4.69, 9.17) is 4.98 Å². The van der Waals surface area contributed by atoms with Crippen molar-refractivity contribution in [1.82, 2.24) is 34.5 Å². The standard InChI is InChI=1S/C27H32F2N8O/c1-16-31-25-19(28)12-18(13-22(25)37(16)27(2,3)4)24-20(29)14-30-26(34-24)33-23-7-6-17-15-36(11-10-35(5)38)9-8-21(17)32-23/h6-7,12-14,38H,8-11,15H2,1-5H3,(H,30,32,33,34). The Kier molecular flexibility index (Phi) is 6.84. The summed E-state index contributed by atoms with van der Waals surface area (Å²) in [5, 5.41) is 13.7. The first-order valence-electron chi connectivity index (χ1n) is 12.6. The number of likely N-dealkylation sites (N-methyl/N-ethyl adjacent to an activating group) is 1. The van der Waals surface area contributed by atoms with Gasteiger partial charge in [-0.1, -0.05) is 6.07 Å². The van der Waals surface area contributed by atoms with Crippen molar-refractivity contribution in [3.8, 4) is 11.3 Å². The zero-order valence-corrected chi connectivity index (χ0v) is 22.3. The number of hydrogen-bond donors (Lipinski definition) is 2. The van der Waals surface area contributed by atoms with Gasteiger partial charge >= 0.3 is 0 Å². The smallest absolute Gasteiger partial charge is 0.229 e. The highest BCUT2D eigenvalue weighted by Crippen LogP contribution is 2.32. The van der Waals surface area contributed by atoms with Crippen molar-refractivity contribution in [3.05, 3.63) is 59.2 Å². The third kappa shape index (κ3) is 5.22. The molecule has 0 bridgehead atoms. The minimum Gasteiger partial charge on any atom is -0.323 e. The third-order valence-electron chi connectivity index (χ3n) is 6.68. The molecule has 0 saturated heterocycles. The average Bonchev–Trinajstić information content (AvgIpc) is 3.20. The fraction of sp³-hybridized carbons (Fsp3) is 0.407. The first-order chi connectivity index (χ1) is 18.0. The molecule has 1 aliphatic rings. The van der Waals surface area contributed by atoms with Crippen molar-refractivity contribution >= 4 is 22.8 Å². The Morgan fingerprint density at radius 3 is 2.63 bits per heavy atom. The Balaban J connectivity index is 1.42. The molecule has 3 aromatic heterocycles. The maximum absolute atomic E-state index is 15.1. The summed E-state index contributed by atoms with van der Waals surface area (Å²) in [7, 11) is 1.64. The van der Waals surface area contributed by atoms with Crippen LogP contribution < -0.4 is 5.32 Å². The number of nitrogens with zero attached hydrogens (tertiary/aromatic N) is 7. The van der Waals surface area contributed by atoms with Gasteiger partial charge in [0.1, 0.15) is 22.9 Å². The van der Waals surface area contributed by atoms with Gasteiger partial charge in [0.25, 0.3) is 0 Å². The number of benzene rings is 1. The van der Waals surface area contributed by atoms with Gasteiger partial charge in [0.2, 0.25) is 5.95 Å². The van der Waals surface area contributed by atoms with Crippen LogP contribution in [0.5, 0.6) is 0 Å². The third-order valence-corrected chi connectivity index (χ3v) is 6.68. The molecule has 0 aliphatic carbocycles. The van der Waals surface area contributed by atoms with Crippen LogP contribution in [0.2, 0.25) is 0 Å². The lowest BCUT2D eigenvalue weighted by Gasteiger charge is -2.28. The maximum Gasteiger partial charge on any atom is 0.229 e. The summed E-state index contributed by atoms with van der Waals surface area (Å²) in [5.41, 5.74) is 2.87. The number of aryl methyl sites for hydroxylation is 1. The summed E-state index contributed by atoms with van der Waals surface area (Å²) in [6, 6.07) is 6.82. The lowest BCUT2D eigenvalue weighted by molar-refractivity contribution is -0.0700. The molecular weight excluding hydrogens is 490 g/mol. The lowest BCUT2D eigenvalue weighted by atomic mass is 10.1. The van der Waals surface area contributed by atoms with Gasteiger partial charge < -0.3 is 15.1 Å². The van der Waals surface area contributed by atoms with Crippen LogP contribution in [0.1, 0.15) is 37.9 Å². The molecule has 1 aliphatic heterocycles. The minimum atomic E-state index is -0.653. The van der Waals surface area contributed by atoms with E-state index in [0.717, 1.165) is 43.5 Å². The molecular formula is C27H32F2N8O. The summed E-state index contributed by atoms with van der Waals surface area (Å²) >= 11 is 0. The second-order valence-electron chi connectivity index (χ2n) is 10.7. The van der Waals surface area contributed by atoms with Gasteiger partial charge in [-0.2, -0.15) is 5.06 Å². The van der Waals surface area contributed by atoms with Crippen molar-refractivity contribution in [1.29, 1.82) is 0 Å². The maximum atomic E-state index is 15.1. The summed E-state index contributed by atoms with van der Waals surface area (Å²) in [5.74, 6) is 0.203. The number of anilines is 2. The Morgan fingerprint density at radius 1 is 1.11 bits per heavy atom. The zero-order chi connectivity index (χ0) is 27.2. The average molecular weight is 523 g/mol. The van der Waals surface area contributed by atoms with Crippen molar-refractivity contribution < 1.29 is 14.0 Å². The van der Waals surface area contributed by atoms with Gasteiger partial charge in [-0.05, 0) is 51.5 Å². The summed E-state index contributed by atoms with van der Waals surface area (Å²) < 4.78 is 31.9. The van der Waals surface area contributed by atoms with E-state index < -0.39 is 11.6 Å². The fourth-order valence-electron chi connectivity index (χ4n) is 5.00. The van der Waals surface area contributed by atoms with Gasteiger partial charge in [0.15, 0.2) is 11.6 Å². The van der Waals surface area contributed by atoms with Crippen LogP contribution >= 0.6 is 0 Å². The van der Waals surface area contributed by atoms with Crippen LogP contribution in [0.15, 0.2) is 30.5 Å². The number of hydroxylamine groups is 2. The van der Waals surface area contributed by atoms with Crippen molar-refractivity contribution in [2.24, 2.45) is 0 Å². The van der Waals surface area contributed by atoms with Crippen molar-refractivity contribution in [2.75, 3.05) is 32.0 Å². The molecule has 5 rings (SSSR count). The molecule has 0 atom stereocenters. The molecule has 0 spiro atoms. The van der Waals surface area contributed by atoms with E-state index in [-0.39, 0.29) is 22.7 Å². The van der Waals surface area contributed by atoms with E-state index in [0.29, 0.717) is 29.3 Å². The van der Waals surface area contributed by atoms with Crippen LogP contribution in [0, 0.1) is 18.6 Å². The quantitative estimate of drug-likeness (QED) is 0.354. The van der Waals surface area contributed by atoms with E-state index in [1.165, 1.54) is 11.1 Å². The number of halogens is 2. The van der Waals surface area contributed by atoms with Gasteiger partial charge in [-0.3, -0.25) is 4.90 Å². The predicted molar refractivity (Wildman–Crippen MR) is 141 cm³/mol. The Hall–Kier alpha value is -3.54. The largest absolute Gasteiger partial charge is 0.323 e. The molecule has 9 nitrogen and oxygen atoms in total. The second kappa shape index (κ2) is 9.97. The highest BCUT2D eigenvalue weighted by Gasteiger charge is 2.23. The van der Waals surface area contributed by atoms with Gasteiger partial charge in [-0.15, -0.1) is 0 Å². The molecule has 0 unspecified atom stereocenters. The number of fused-ring (bicyclic) bond motifs is 2. The fourth-order valence-corrected chi connectivity index (χ4v) is 5.00. The Labute approximate surface area is 220 Å². The van der Waals surface area contributed by atoms with Gasteiger partial charge in [-0.25, -0.2) is 28.7 Å². The normalized spacial score (nSPS) is 14.3. The number of nitrogens with one attached hydrogen (secondary N) is 1. The highest BCUT2D eigenvalue weighted by molar-refractivity contribution is 5.83. The van der Waals surface area contributed by atoms with Crippen LogP contribution in [0.3, 0.4) is 0 Å². The second-order valence-corrected chi connectivity index (χ2v) is 10.7. The van der Waals surface area contributed by atoms with Crippen LogP contribution in [-0.4, -0.2) is 66.4 Å². The Morgan fingerprint density at radius 2 is 1.89 bits per heavy atom. The van der Waals surface area contributed by atoms with E-state index in [2.05, 4.69) is 25.2 Å². The molecule has 0 radical (unpaired) electrons. The SMILES string of the molecule is Cc1nc2c(F)cc(-c3nc(Nc4ccc5c(n4)CCN(CCN(C)O)C5)ncc3F)cc2n1C(C)(C)C. The molecule has 38 heavy (non-hydrogen) atoms. The highest BCUT2D eigenvalue weighted by atomic mass is 19.1. The summed E-state index contributed by atoms with van der Waals surface area (Å²) in [6.45, 7) is 10.8. The molecule has 200 valence electrons. The Bertz CT molecular complexity index is 1490. The predicted octanol–water partition coefficient (Wildman–Crippen LogP) is 4.65. The monoisotopic (exact) mass is 522 g/mol. The zero-order valence-electron chi connectivity index (χ0n) is 22.3.